The standard InChI is InChI=1S/C18H21N3O2S/c1-13-6-7-16(24-13)12-20(2)18(23)14-9-17(22)21(10-14)11-15-5-3-4-8-19-15/h3-8,14H,9-12H2,1-2H3/t14-/m1/s1. The minimum atomic E-state index is -0.257. The van der Waals surface area contributed by atoms with Gasteiger partial charge in [-0.2, -0.15) is 0 Å². The number of aromatic nitrogens is 1. The Morgan fingerprint density at radius 2 is 2.21 bits per heavy atom. The molecule has 0 bridgehead atoms. The lowest BCUT2D eigenvalue weighted by Gasteiger charge is -2.21. The molecule has 2 amide bonds. The first-order valence-electron chi connectivity index (χ1n) is 8.01. The molecule has 2 aromatic rings. The predicted molar refractivity (Wildman–Crippen MR) is 93.3 cm³/mol. The van der Waals surface area contributed by atoms with Gasteiger partial charge in [0.1, 0.15) is 0 Å². The van der Waals surface area contributed by atoms with Crippen LogP contribution in [-0.4, -0.2) is 40.2 Å². The van der Waals surface area contributed by atoms with Crippen LogP contribution in [0, 0.1) is 12.8 Å². The van der Waals surface area contributed by atoms with Gasteiger partial charge in [-0.25, -0.2) is 0 Å². The molecule has 5 nitrogen and oxygen atoms in total. The van der Waals surface area contributed by atoms with Gasteiger partial charge in [-0.3, -0.25) is 14.6 Å². The molecule has 2 aromatic heterocycles. The van der Waals surface area contributed by atoms with Crippen LogP contribution >= 0.6 is 11.3 Å². The summed E-state index contributed by atoms with van der Waals surface area (Å²) in [6, 6.07) is 9.77. The third-order valence-electron chi connectivity index (χ3n) is 4.21. The van der Waals surface area contributed by atoms with E-state index in [2.05, 4.69) is 24.0 Å². The summed E-state index contributed by atoms with van der Waals surface area (Å²) in [5, 5.41) is 0. The van der Waals surface area contributed by atoms with Crippen molar-refractivity contribution < 1.29 is 9.59 Å². The number of hydrogen-bond donors (Lipinski definition) is 0. The molecular formula is C18H21N3O2S. The lowest BCUT2D eigenvalue weighted by Crippen LogP contribution is -2.34. The summed E-state index contributed by atoms with van der Waals surface area (Å²) in [5.41, 5.74) is 0.848. The fourth-order valence-electron chi connectivity index (χ4n) is 2.97. The molecule has 1 saturated heterocycles. The van der Waals surface area contributed by atoms with E-state index in [-0.39, 0.29) is 17.7 Å². The van der Waals surface area contributed by atoms with Crippen LogP contribution in [-0.2, 0) is 22.7 Å². The lowest BCUT2D eigenvalue weighted by molar-refractivity contribution is -0.135. The van der Waals surface area contributed by atoms with E-state index >= 15 is 0 Å². The van der Waals surface area contributed by atoms with Crippen LogP contribution in [0.25, 0.3) is 0 Å². The van der Waals surface area contributed by atoms with Gasteiger partial charge in [-0.15, -0.1) is 11.3 Å². The van der Waals surface area contributed by atoms with E-state index in [1.165, 1.54) is 4.88 Å². The quantitative estimate of drug-likeness (QED) is 0.838. The summed E-state index contributed by atoms with van der Waals surface area (Å²) >= 11 is 1.70. The molecule has 0 radical (unpaired) electrons. The highest BCUT2D eigenvalue weighted by Crippen LogP contribution is 2.23. The van der Waals surface area contributed by atoms with Crippen LogP contribution in [0.2, 0.25) is 0 Å². The van der Waals surface area contributed by atoms with Gasteiger partial charge >= 0.3 is 0 Å². The van der Waals surface area contributed by atoms with Gasteiger partial charge in [0.15, 0.2) is 0 Å². The Morgan fingerprint density at radius 1 is 1.38 bits per heavy atom. The highest BCUT2D eigenvalue weighted by atomic mass is 32.1. The zero-order valence-electron chi connectivity index (χ0n) is 13.9. The molecule has 6 heteroatoms. The van der Waals surface area contributed by atoms with Crippen LogP contribution in [0.4, 0.5) is 0 Å². The Kier molecular flexibility index (Phi) is 4.94. The minimum Gasteiger partial charge on any atom is -0.340 e. The van der Waals surface area contributed by atoms with Crippen molar-refractivity contribution in [3.63, 3.8) is 0 Å². The van der Waals surface area contributed by atoms with E-state index in [0.717, 1.165) is 10.6 Å². The maximum atomic E-state index is 12.6. The Labute approximate surface area is 145 Å². The summed E-state index contributed by atoms with van der Waals surface area (Å²) in [5.74, 6) is -0.190. The van der Waals surface area contributed by atoms with Crippen molar-refractivity contribution in [2.24, 2.45) is 5.92 Å². The van der Waals surface area contributed by atoms with Gasteiger partial charge in [-0.1, -0.05) is 6.07 Å². The van der Waals surface area contributed by atoms with Crippen molar-refractivity contribution in [3.05, 3.63) is 52.0 Å². The number of pyridine rings is 1. The molecule has 0 aliphatic carbocycles. The number of amides is 2. The molecule has 0 saturated carbocycles. The number of thiophene rings is 1. The fourth-order valence-corrected chi connectivity index (χ4v) is 3.91. The van der Waals surface area contributed by atoms with Gasteiger partial charge in [-0.05, 0) is 31.2 Å². The van der Waals surface area contributed by atoms with E-state index in [0.29, 0.717) is 26.1 Å². The number of likely N-dealkylation sites (tertiary alicyclic amines) is 1. The number of aryl methyl sites for hydroxylation is 1. The van der Waals surface area contributed by atoms with Gasteiger partial charge in [0.2, 0.25) is 11.8 Å². The molecule has 0 spiro atoms. The first-order valence-corrected chi connectivity index (χ1v) is 8.82. The first-order chi connectivity index (χ1) is 11.5. The first kappa shape index (κ1) is 16.6. The third kappa shape index (κ3) is 3.82. The van der Waals surface area contributed by atoms with E-state index in [9.17, 15) is 9.59 Å². The highest BCUT2D eigenvalue weighted by Gasteiger charge is 2.35. The van der Waals surface area contributed by atoms with E-state index in [1.54, 1.807) is 27.3 Å². The highest BCUT2D eigenvalue weighted by molar-refractivity contribution is 7.11. The minimum absolute atomic E-state index is 0.0272. The van der Waals surface area contributed by atoms with Crippen LogP contribution in [0.3, 0.4) is 0 Å². The van der Waals surface area contributed by atoms with Crippen molar-refractivity contribution in [1.29, 1.82) is 0 Å². The lowest BCUT2D eigenvalue weighted by atomic mass is 10.1. The van der Waals surface area contributed by atoms with Crippen LogP contribution < -0.4 is 0 Å². The van der Waals surface area contributed by atoms with Gasteiger partial charge < -0.3 is 9.80 Å². The number of hydrogen-bond acceptors (Lipinski definition) is 4. The summed E-state index contributed by atoms with van der Waals surface area (Å²) in [7, 11) is 1.81. The predicted octanol–water partition coefficient (Wildman–Crippen LogP) is 2.46. The Bertz CT molecular complexity index is 729. The van der Waals surface area contributed by atoms with Crippen molar-refractivity contribution in [2.45, 2.75) is 26.4 Å². The molecule has 24 heavy (non-hydrogen) atoms. The van der Waals surface area contributed by atoms with Crippen molar-refractivity contribution in [2.75, 3.05) is 13.6 Å². The molecule has 3 heterocycles. The maximum absolute atomic E-state index is 12.6. The van der Waals surface area contributed by atoms with Gasteiger partial charge in [0.25, 0.3) is 0 Å². The van der Waals surface area contributed by atoms with Crippen molar-refractivity contribution in [1.82, 2.24) is 14.8 Å². The topological polar surface area (TPSA) is 53.5 Å². The molecule has 126 valence electrons. The summed E-state index contributed by atoms with van der Waals surface area (Å²) < 4.78 is 0. The second kappa shape index (κ2) is 7.13. The van der Waals surface area contributed by atoms with Crippen LogP contribution in [0.5, 0.6) is 0 Å². The van der Waals surface area contributed by atoms with Gasteiger partial charge in [0, 0.05) is 36.0 Å². The summed E-state index contributed by atoms with van der Waals surface area (Å²) in [6.45, 7) is 3.60. The largest absolute Gasteiger partial charge is 0.340 e. The Hall–Kier alpha value is -2.21. The van der Waals surface area contributed by atoms with Crippen molar-refractivity contribution in [3.8, 4) is 0 Å². The number of rotatable bonds is 5. The maximum Gasteiger partial charge on any atom is 0.228 e. The molecule has 0 aromatic carbocycles. The van der Waals surface area contributed by atoms with Crippen LogP contribution in [0.15, 0.2) is 36.5 Å². The number of carbonyl (C=O) groups excluding carboxylic acids is 2. The third-order valence-corrected chi connectivity index (χ3v) is 5.19. The number of carbonyl (C=O) groups is 2. The van der Waals surface area contributed by atoms with Gasteiger partial charge in [0.05, 0.1) is 24.7 Å². The fraction of sp³-hybridized carbons (Fsp3) is 0.389. The van der Waals surface area contributed by atoms with E-state index < -0.39 is 0 Å². The van der Waals surface area contributed by atoms with Crippen LogP contribution in [0.1, 0.15) is 21.9 Å². The SMILES string of the molecule is Cc1ccc(CN(C)C(=O)[C@@H]2CC(=O)N(Cc3ccccn3)C2)s1. The monoisotopic (exact) mass is 343 g/mol. The Balaban J connectivity index is 1.59. The molecule has 1 fully saturated rings. The Morgan fingerprint density at radius 3 is 2.88 bits per heavy atom. The summed E-state index contributed by atoms with van der Waals surface area (Å²) in [4.78, 5) is 35.0. The zero-order valence-corrected chi connectivity index (χ0v) is 14.8. The smallest absolute Gasteiger partial charge is 0.228 e. The second-order valence-electron chi connectivity index (χ2n) is 6.20. The average Bonchev–Trinajstić information content (AvgIpc) is 3.14. The van der Waals surface area contributed by atoms with E-state index in [1.807, 2.05) is 25.2 Å². The van der Waals surface area contributed by atoms with Crippen molar-refractivity contribution >= 4 is 23.2 Å². The zero-order chi connectivity index (χ0) is 17.1. The average molecular weight is 343 g/mol. The normalized spacial score (nSPS) is 17.3. The molecule has 0 N–H and O–H groups in total. The molecular weight excluding hydrogens is 322 g/mol. The van der Waals surface area contributed by atoms with E-state index in [4.69, 9.17) is 0 Å². The molecule has 1 aliphatic heterocycles. The molecule has 1 aliphatic rings. The molecule has 0 unspecified atom stereocenters. The second-order valence-corrected chi connectivity index (χ2v) is 7.58. The summed E-state index contributed by atoms with van der Waals surface area (Å²) in [6.07, 6.45) is 2.01. The molecule has 3 rings (SSSR count). The molecule has 1 atom stereocenters. The number of nitrogens with zero attached hydrogens (tertiary/aromatic N) is 3.